The second-order valence-corrected chi connectivity index (χ2v) is 6.10. The summed E-state index contributed by atoms with van der Waals surface area (Å²) in [5, 5.41) is 10.5. The molecule has 2 atom stereocenters. The highest BCUT2D eigenvalue weighted by atomic mass is 16.6. The molecule has 24 heavy (non-hydrogen) atoms. The lowest BCUT2D eigenvalue weighted by atomic mass is 9.86. The van der Waals surface area contributed by atoms with Gasteiger partial charge in [-0.3, -0.25) is 0 Å². The van der Waals surface area contributed by atoms with Gasteiger partial charge in [0.25, 0.3) is 0 Å². The minimum atomic E-state index is -0.575. The maximum Gasteiger partial charge on any atom is 0.409 e. The summed E-state index contributed by atoms with van der Waals surface area (Å²) in [5.41, 5.74) is 3.43. The standard InChI is InChI=1S/C20H23NO3/c1-2-24-20(23)21-12-11-18(19(22)14-21)17-10-6-9-16(13-17)15-7-4-3-5-8-15/h3-10,13,18-19,22H,2,11-12,14H2,1H3/t18-,19+/m1/s1. The first-order chi connectivity index (χ1) is 11.7. The highest BCUT2D eigenvalue weighted by molar-refractivity contribution is 5.68. The van der Waals surface area contributed by atoms with Crippen LogP contribution in [0.2, 0.25) is 0 Å². The van der Waals surface area contributed by atoms with Crippen LogP contribution in [0.15, 0.2) is 54.6 Å². The minimum absolute atomic E-state index is 0.0411. The molecular formula is C20H23NO3. The van der Waals surface area contributed by atoms with Gasteiger partial charge in [0, 0.05) is 12.5 Å². The lowest BCUT2D eigenvalue weighted by Gasteiger charge is -2.35. The number of amides is 1. The molecular weight excluding hydrogens is 302 g/mol. The fourth-order valence-corrected chi connectivity index (χ4v) is 3.28. The predicted octanol–water partition coefficient (Wildman–Crippen LogP) is 3.66. The number of nitrogens with zero attached hydrogens (tertiary/aromatic N) is 1. The van der Waals surface area contributed by atoms with Gasteiger partial charge in [-0.1, -0.05) is 54.6 Å². The lowest BCUT2D eigenvalue weighted by molar-refractivity contribution is 0.0385. The third-order valence-electron chi connectivity index (χ3n) is 4.53. The van der Waals surface area contributed by atoms with Gasteiger partial charge in [0.2, 0.25) is 0 Å². The molecule has 1 saturated heterocycles. The predicted molar refractivity (Wildman–Crippen MR) is 93.8 cm³/mol. The average molecular weight is 325 g/mol. The van der Waals surface area contributed by atoms with Crippen LogP contribution in [0.4, 0.5) is 4.79 Å². The van der Waals surface area contributed by atoms with Crippen molar-refractivity contribution in [1.29, 1.82) is 0 Å². The number of carbonyl (C=O) groups is 1. The van der Waals surface area contributed by atoms with Crippen molar-refractivity contribution in [3.63, 3.8) is 0 Å². The van der Waals surface area contributed by atoms with Crippen molar-refractivity contribution < 1.29 is 14.6 Å². The summed E-state index contributed by atoms with van der Waals surface area (Å²) >= 11 is 0. The maximum absolute atomic E-state index is 11.8. The zero-order valence-electron chi connectivity index (χ0n) is 13.9. The van der Waals surface area contributed by atoms with E-state index < -0.39 is 6.10 Å². The highest BCUT2D eigenvalue weighted by Crippen LogP contribution is 2.31. The molecule has 4 heteroatoms. The molecule has 1 fully saturated rings. The van der Waals surface area contributed by atoms with E-state index in [1.165, 1.54) is 0 Å². The summed E-state index contributed by atoms with van der Waals surface area (Å²) in [6.07, 6.45) is -0.180. The summed E-state index contributed by atoms with van der Waals surface area (Å²) in [5.74, 6) is 0.0411. The van der Waals surface area contributed by atoms with Crippen molar-refractivity contribution in [2.24, 2.45) is 0 Å². The monoisotopic (exact) mass is 325 g/mol. The maximum atomic E-state index is 11.8. The number of rotatable bonds is 3. The summed E-state index contributed by atoms with van der Waals surface area (Å²) in [4.78, 5) is 13.4. The van der Waals surface area contributed by atoms with Gasteiger partial charge in [-0.05, 0) is 30.0 Å². The van der Waals surface area contributed by atoms with E-state index in [1.54, 1.807) is 11.8 Å². The molecule has 1 heterocycles. The fraction of sp³-hybridized carbons (Fsp3) is 0.350. The van der Waals surface area contributed by atoms with E-state index in [0.29, 0.717) is 19.7 Å². The lowest BCUT2D eigenvalue weighted by Crippen LogP contribution is -2.45. The molecule has 1 aliphatic rings. The van der Waals surface area contributed by atoms with E-state index in [4.69, 9.17) is 4.74 Å². The average Bonchev–Trinajstić information content (AvgIpc) is 2.62. The second kappa shape index (κ2) is 7.49. The minimum Gasteiger partial charge on any atom is -0.450 e. The molecule has 4 nitrogen and oxygen atoms in total. The Kier molecular flexibility index (Phi) is 5.16. The first-order valence-electron chi connectivity index (χ1n) is 8.44. The van der Waals surface area contributed by atoms with Crippen molar-refractivity contribution in [1.82, 2.24) is 4.90 Å². The van der Waals surface area contributed by atoms with Crippen LogP contribution in [0.1, 0.15) is 24.8 Å². The Morgan fingerprint density at radius 1 is 1.17 bits per heavy atom. The SMILES string of the molecule is CCOC(=O)N1CC[C@H](c2cccc(-c3ccccc3)c2)[C@@H](O)C1. The summed E-state index contributed by atoms with van der Waals surface area (Å²) in [6.45, 7) is 3.07. The zero-order valence-corrected chi connectivity index (χ0v) is 13.9. The Hall–Kier alpha value is -2.33. The largest absolute Gasteiger partial charge is 0.450 e. The quantitative estimate of drug-likeness (QED) is 0.937. The molecule has 0 saturated carbocycles. The Balaban J connectivity index is 1.75. The molecule has 1 N–H and O–H groups in total. The van der Waals surface area contributed by atoms with E-state index >= 15 is 0 Å². The summed E-state index contributed by atoms with van der Waals surface area (Å²) < 4.78 is 5.02. The van der Waals surface area contributed by atoms with Crippen LogP contribution in [-0.4, -0.2) is 41.9 Å². The second-order valence-electron chi connectivity index (χ2n) is 6.10. The first kappa shape index (κ1) is 16.5. The van der Waals surface area contributed by atoms with Crippen LogP contribution in [0, 0.1) is 0 Å². The number of piperidine rings is 1. The van der Waals surface area contributed by atoms with Crippen molar-refractivity contribution >= 4 is 6.09 Å². The van der Waals surface area contributed by atoms with Crippen molar-refractivity contribution in [2.75, 3.05) is 19.7 Å². The molecule has 0 spiro atoms. The van der Waals surface area contributed by atoms with Crippen molar-refractivity contribution in [3.8, 4) is 11.1 Å². The fourth-order valence-electron chi connectivity index (χ4n) is 3.28. The van der Waals surface area contributed by atoms with Crippen LogP contribution >= 0.6 is 0 Å². The third kappa shape index (κ3) is 3.60. The van der Waals surface area contributed by atoms with Crippen LogP contribution < -0.4 is 0 Å². The van der Waals surface area contributed by atoms with E-state index in [2.05, 4.69) is 30.3 Å². The molecule has 0 bridgehead atoms. The number of likely N-dealkylation sites (tertiary alicyclic amines) is 1. The van der Waals surface area contributed by atoms with Crippen LogP contribution in [0.25, 0.3) is 11.1 Å². The molecule has 0 aliphatic carbocycles. The van der Waals surface area contributed by atoms with Gasteiger partial charge in [0.05, 0.1) is 19.3 Å². The molecule has 126 valence electrons. The van der Waals surface area contributed by atoms with Crippen molar-refractivity contribution in [3.05, 3.63) is 60.2 Å². The molecule has 0 radical (unpaired) electrons. The smallest absolute Gasteiger partial charge is 0.409 e. The summed E-state index contributed by atoms with van der Waals surface area (Å²) in [6, 6.07) is 18.5. The van der Waals surface area contributed by atoms with Crippen LogP contribution in [-0.2, 0) is 4.74 Å². The number of hydrogen-bond donors (Lipinski definition) is 1. The summed E-state index contributed by atoms with van der Waals surface area (Å²) in [7, 11) is 0. The highest BCUT2D eigenvalue weighted by Gasteiger charge is 2.31. The Morgan fingerprint density at radius 2 is 1.92 bits per heavy atom. The molecule has 1 amide bonds. The number of aliphatic hydroxyl groups excluding tert-OH is 1. The molecule has 2 aromatic carbocycles. The number of aliphatic hydroxyl groups is 1. The molecule has 0 aromatic heterocycles. The van der Waals surface area contributed by atoms with Gasteiger partial charge in [0.15, 0.2) is 0 Å². The van der Waals surface area contributed by atoms with Crippen LogP contribution in [0.5, 0.6) is 0 Å². The Bertz CT molecular complexity index is 686. The van der Waals surface area contributed by atoms with Crippen LogP contribution in [0.3, 0.4) is 0 Å². The number of ether oxygens (including phenoxy) is 1. The van der Waals surface area contributed by atoms with E-state index in [0.717, 1.165) is 23.1 Å². The zero-order chi connectivity index (χ0) is 16.9. The van der Waals surface area contributed by atoms with E-state index in [9.17, 15) is 9.90 Å². The molecule has 2 aromatic rings. The van der Waals surface area contributed by atoms with Gasteiger partial charge in [-0.15, -0.1) is 0 Å². The first-order valence-corrected chi connectivity index (χ1v) is 8.44. The van der Waals surface area contributed by atoms with Gasteiger partial charge in [-0.25, -0.2) is 4.79 Å². The number of carbonyl (C=O) groups excluding carboxylic acids is 1. The number of hydrogen-bond acceptors (Lipinski definition) is 3. The van der Waals surface area contributed by atoms with Gasteiger partial charge in [0.1, 0.15) is 0 Å². The Morgan fingerprint density at radius 3 is 2.62 bits per heavy atom. The topological polar surface area (TPSA) is 49.8 Å². The third-order valence-corrected chi connectivity index (χ3v) is 4.53. The van der Waals surface area contributed by atoms with Gasteiger partial charge < -0.3 is 14.7 Å². The van der Waals surface area contributed by atoms with E-state index in [-0.39, 0.29) is 12.0 Å². The number of β-amino-alcohol motifs (C(OH)–C–C–N with tert-alkyl or cyclic N) is 1. The van der Waals surface area contributed by atoms with Gasteiger partial charge >= 0.3 is 6.09 Å². The van der Waals surface area contributed by atoms with Gasteiger partial charge in [-0.2, -0.15) is 0 Å². The normalized spacial score (nSPS) is 20.7. The molecule has 1 aliphatic heterocycles. The van der Waals surface area contributed by atoms with E-state index in [1.807, 2.05) is 24.3 Å². The Labute approximate surface area is 142 Å². The van der Waals surface area contributed by atoms with Crippen molar-refractivity contribution in [2.45, 2.75) is 25.4 Å². The number of benzene rings is 2. The molecule has 3 rings (SSSR count). The molecule has 0 unspecified atom stereocenters.